The van der Waals surface area contributed by atoms with Crippen LogP contribution in [0.1, 0.15) is 0 Å². The van der Waals surface area contributed by atoms with Crippen LogP contribution >= 0.6 is 11.3 Å². The number of nitrogens with zero attached hydrogens (tertiary/aromatic N) is 4. The predicted molar refractivity (Wildman–Crippen MR) is 205 cm³/mol. The fourth-order valence-corrected chi connectivity index (χ4v) is 7.93. The van der Waals surface area contributed by atoms with Crippen molar-refractivity contribution in [2.45, 2.75) is 0 Å². The predicted octanol–water partition coefficient (Wildman–Crippen LogP) is 11.9. The van der Waals surface area contributed by atoms with E-state index in [4.69, 9.17) is 24.4 Å². The number of thiazole rings is 1. The number of furan rings is 1. The van der Waals surface area contributed by atoms with Gasteiger partial charge in [0.2, 0.25) is 0 Å². The number of hydrogen-bond donors (Lipinski definition) is 0. The molecule has 0 saturated heterocycles. The molecule has 50 heavy (non-hydrogen) atoms. The molecule has 10 rings (SSSR count). The van der Waals surface area contributed by atoms with E-state index in [0.29, 0.717) is 17.5 Å². The summed E-state index contributed by atoms with van der Waals surface area (Å²) in [7, 11) is 0. The fraction of sp³-hybridized carbons (Fsp3) is 0. The smallest absolute Gasteiger partial charge is 0.164 e. The second-order valence-corrected chi connectivity index (χ2v) is 13.2. The van der Waals surface area contributed by atoms with Crippen molar-refractivity contribution < 1.29 is 4.42 Å². The van der Waals surface area contributed by atoms with Crippen molar-refractivity contribution in [2.24, 2.45) is 0 Å². The Morgan fingerprint density at radius 2 is 0.980 bits per heavy atom. The van der Waals surface area contributed by atoms with Crippen molar-refractivity contribution in [2.75, 3.05) is 0 Å². The number of rotatable bonds is 5. The highest BCUT2D eigenvalue weighted by atomic mass is 32.1. The maximum Gasteiger partial charge on any atom is 0.164 e. The van der Waals surface area contributed by atoms with Crippen molar-refractivity contribution in [3.05, 3.63) is 158 Å². The van der Waals surface area contributed by atoms with Crippen LogP contribution in [0.2, 0.25) is 0 Å². The first kappa shape index (κ1) is 28.5. The first-order valence-electron chi connectivity index (χ1n) is 16.5. The molecule has 0 aliphatic rings. The molecule has 0 atom stereocenters. The van der Waals surface area contributed by atoms with Gasteiger partial charge in [0.1, 0.15) is 16.2 Å². The standard InChI is InChI=1S/C44H26N4OS/c1-4-14-27(15-5-1)41-46-42(28-16-6-2-7-17-28)48-43(47-41)31-24-30-20-10-11-21-32(30)34(25-31)35-26-37-38(33-22-12-13-23-36(33)49-37)40-39(35)45-44(50-40)29-18-8-3-9-19-29/h1-26H. The molecule has 5 nitrogen and oxygen atoms in total. The van der Waals surface area contributed by atoms with Gasteiger partial charge in [-0.05, 0) is 40.6 Å². The van der Waals surface area contributed by atoms with E-state index in [9.17, 15) is 0 Å². The summed E-state index contributed by atoms with van der Waals surface area (Å²) in [5.41, 5.74) is 8.54. The molecule has 10 aromatic rings. The van der Waals surface area contributed by atoms with Gasteiger partial charge < -0.3 is 4.42 Å². The molecule has 234 valence electrons. The van der Waals surface area contributed by atoms with Crippen molar-refractivity contribution in [1.82, 2.24) is 19.9 Å². The Balaban J connectivity index is 1.27. The molecule has 0 radical (unpaired) electrons. The van der Waals surface area contributed by atoms with Crippen molar-refractivity contribution in [3.63, 3.8) is 0 Å². The molecular formula is C44H26N4OS. The van der Waals surface area contributed by atoms with Gasteiger partial charge >= 0.3 is 0 Å². The lowest BCUT2D eigenvalue weighted by Crippen LogP contribution is -2.00. The summed E-state index contributed by atoms with van der Waals surface area (Å²) in [4.78, 5) is 20.4. The van der Waals surface area contributed by atoms with Gasteiger partial charge in [-0.2, -0.15) is 0 Å². The van der Waals surface area contributed by atoms with E-state index >= 15 is 0 Å². The highest BCUT2D eigenvalue weighted by molar-refractivity contribution is 7.22. The van der Waals surface area contributed by atoms with E-state index in [-0.39, 0.29) is 0 Å². The summed E-state index contributed by atoms with van der Waals surface area (Å²) < 4.78 is 7.65. The van der Waals surface area contributed by atoms with Gasteiger partial charge in [0.05, 0.1) is 10.2 Å². The average molecular weight is 659 g/mol. The van der Waals surface area contributed by atoms with Crippen LogP contribution in [0.5, 0.6) is 0 Å². The molecule has 0 unspecified atom stereocenters. The minimum Gasteiger partial charge on any atom is -0.456 e. The third-order valence-corrected chi connectivity index (χ3v) is 10.3. The number of hydrogen-bond acceptors (Lipinski definition) is 6. The zero-order valence-corrected chi connectivity index (χ0v) is 27.4. The largest absolute Gasteiger partial charge is 0.456 e. The Kier molecular flexibility index (Phi) is 6.60. The van der Waals surface area contributed by atoms with Gasteiger partial charge in [-0.3, -0.25) is 0 Å². The van der Waals surface area contributed by atoms with Crippen molar-refractivity contribution in [1.29, 1.82) is 0 Å². The van der Waals surface area contributed by atoms with Gasteiger partial charge in [-0.15, -0.1) is 11.3 Å². The molecule has 0 spiro atoms. The molecule has 0 amide bonds. The minimum absolute atomic E-state index is 0.606. The third kappa shape index (κ3) is 4.77. The topological polar surface area (TPSA) is 64.7 Å². The zero-order chi connectivity index (χ0) is 33.0. The molecule has 0 aliphatic carbocycles. The Hall–Kier alpha value is -6.50. The van der Waals surface area contributed by atoms with E-state index in [0.717, 1.165) is 81.3 Å². The second-order valence-electron chi connectivity index (χ2n) is 12.2. The summed E-state index contributed by atoms with van der Waals surface area (Å²) >= 11 is 1.71. The Morgan fingerprint density at radius 1 is 0.420 bits per heavy atom. The molecule has 6 heteroatoms. The molecule has 0 fully saturated rings. The lowest BCUT2D eigenvalue weighted by Gasteiger charge is -2.13. The monoisotopic (exact) mass is 658 g/mol. The Bertz CT molecular complexity index is 2810. The van der Waals surface area contributed by atoms with E-state index in [1.165, 1.54) is 0 Å². The van der Waals surface area contributed by atoms with Gasteiger partial charge in [0.25, 0.3) is 0 Å². The molecule has 0 aliphatic heterocycles. The normalized spacial score (nSPS) is 11.6. The lowest BCUT2D eigenvalue weighted by molar-refractivity contribution is 0.669. The SMILES string of the molecule is c1ccc(-c2nc(-c3ccccc3)nc(-c3cc(-c4cc5oc6ccccc6c5c5sc(-c6ccccc6)nc45)c4ccccc4c3)n2)cc1. The van der Waals surface area contributed by atoms with Crippen molar-refractivity contribution in [3.8, 4) is 55.9 Å². The molecule has 3 aromatic heterocycles. The van der Waals surface area contributed by atoms with Gasteiger partial charge in [-0.1, -0.05) is 133 Å². The number of para-hydroxylation sites is 1. The van der Waals surface area contributed by atoms with E-state index in [1.54, 1.807) is 11.3 Å². The minimum atomic E-state index is 0.606. The van der Waals surface area contributed by atoms with Gasteiger partial charge in [0, 0.05) is 38.6 Å². The van der Waals surface area contributed by atoms with Crippen LogP contribution in [-0.2, 0) is 0 Å². The molecule has 0 saturated carbocycles. The summed E-state index contributed by atoms with van der Waals surface area (Å²) in [6, 6.07) is 53.8. The average Bonchev–Trinajstić information content (AvgIpc) is 3.80. The molecular weight excluding hydrogens is 633 g/mol. The van der Waals surface area contributed by atoms with Crippen LogP contribution in [0.25, 0.3) is 98.8 Å². The highest BCUT2D eigenvalue weighted by Crippen LogP contribution is 2.46. The zero-order valence-electron chi connectivity index (χ0n) is 26.6. The molecule has 0 N–H and O–H groups in total. The van der Waals surface area contributed by atoms with Crippen LogP contribution in [0.3, 0.4) is 0 Å². The van der Waals surface area contributed by atoms with Gasteiger partial charge in [-0.25, -0.2) is 19.9 Å². The summed E-state index contributed by atoms with van der Waals surface area (Å²) in [5, 5.41) is 5.35. The molecule has 7 aromatic carbocycles. The number of aromatic nitrogens is 4. The third-order valence-electron chi connectivity index (χ3n) is 9.14. The van der Waals surface area contributed by atoms with E-state index in [1.807, 2.05) is 78.9 Å². The summed E-state index contributed by atoms with van der Waals surface area (Å²) in [6.45, 7) is 0. The number of benzene rings is 7. The van der Waals surface area contributed by atoms with Crippen LogP contribution in [-0.4, -0.2) is 19.9 Å². The quantitative estimate of drug-likeness (QED) is 0.184. The van der Waals surface area contributed by atoms with Crippen LogP contribution in [0.4, 0.5) is 0 Å². The maximum atomic E-state index is 6.54. The highest BCUT2D eigenvalue weighted by Gasteiger charge is 2.22. The summed E-state index contributed by atoms with van der Waals surface area (Å²) in [5.74, 6) is 1.86. The Labute approximate surface area is 291 Å². The van der Waals surface area contributed by atoms with Crippen LogP contribution in [0.15, 0.2) is 162 Å². The Morgan fingerprint density at radius 3 is 1.66 bits per heavy atom. The first-order valence-corrected chi connectivity index (χ1v) is 17.3. The molecule has 3 heterocycles. The number of fused-ring (bicyclic) bond motifs is 6. The van der Waals surface area contributed by atoms with Crippen molar-refractivity contribution >= 4 is 54.3 Å². The van der Waals surface area contributed by atoms with E-state index in [2.05, 4.69) is 78.9 Å². The first-order chi connectivity index (χ1) is 24.8. The lowest BCUT2D eigenvalue weighted by atomic mass is 9.94. The van der Waals surface area contributed by atoms with E-state index < -0.39 is 0 Å². The van der Waals surface area contributed by atoms with Gasteiger partial charge in [0.15, 0.2) is 17.5 Å². The fourth-order valence-electron chi connectivity index (χ4n) is 6.78. The maximum absolute atomic E-state index is 6.54. The molecule has 0 bridgehead atoms. The van der Waals surface area contributed by atoms with Crippen LogP contribution in [0, 0.1) is 0 Å². The summed E-state index contributed by atoms with van der Waals surface area (Å²) in [6.07, 6.45) is 0. The second kappa shape index (κ2) is 11.6. The van der Waals surface area contributed by atoms with Crippen LogP contribution < -0.4 is 0 Å².